The van der Waals surface area contributed by atoms with Gasteiger partial charge in [-0.1, -0.05) is 84.9 Å². The van der Waals surface area contributed by atoms with Gasteiger partial charge in [0, 0.05) is 17.0 Å². The zero-order valence-electron chi connectivity index (χ0n) is 18.9. The fraction of sp³-hybridized carbons (Fsp3) is 0. The minimum atomic E-state index is 0.939. The van der Waals surface area contributed by atoms with Crippen LogP contribution in [0.3, 0.4) is 0 Å². The van der Waals surface area contributed by atoms with E-state index < -0.39 is 0 Å². The van der Waals surface area contributed by atoms with Gasteiger partial charge in [0.1, 0.15) is 5.82 Å². The van der Waals surface area contributed by atoms with Crippen LogP contribution >= 0.6 is 0 Å². The summed E-state index contributed by atoms with van der Waals surface area (Å²) in [5, 5.41) is 5.16. The Hall–Kier alpha value is -4.69. The summed E-state index contributed by atoms with van der Waals surface area (Å²) < 4.78 is 2.26. The third-order valence-electron chi connectivity index (χ3n) is 7.41. The second-order valence-corrected chi connectivity index (χ2v) is 9.21. The number of rotatable bonds is 2. The molecule has 162 valence electrons. The van der Waals surface area contributed by atoms with E-state index in [4.69, 9.17) is 0 Å². The molecule has 2 nitrogen and oxygen atoms in total. The predicted octanol–water partition coefficient (Wildman–Crippen LogP) is 8.65. The first-order valence-electron chi connectivity index (χ1n) is 12.0. The SMILES string of the molecule is c1ccc(-n2c3ccccc3c3cc(-c4ccc5c6c(cccc46)-c4ccccc4-5)ccc32)nc1. The highest BCUT2D eigenvalue weighted by atomic mass is 15.1. The third kappa shape index (κ3) is 2.51. The Morgan fingerprint density at radius 3 is 2.00 bits per heavy atom. The molecule has 5 aromatic carbocycles. The number of hydrogen-bond donors (Lipinski definition) is 0. The zero-order chi connectivity index (χ0) is 22.9. The minimum absolute atomic E-state index is 0.939. The molecule has 2 heterocycles. The molecule has 1 aliphatic rings. The van der Waals surface area contributed by atoms with Crippen molar-refractivity contribution in [2.75, 3.05) is 0 Å². The zero-order valence-corrected chi connectivity index (χ0v) is 18.9. The number of nitrogens with zero attached hydrogens (tertiary/aromatic N) is 2. The van der Waals surface area contributed by atoms with Crippen LogP contribution in [0.15, 0.2) is 121 Å². The van der Waals surface area contributed by atoms with Crippen molar-refractivity contribution in [2.24, 2.45) is 0 Å². The summed E-state index contributed by atoms with van der Waals surface area (Å²) in [5.41, 5.74) is 10.2. The summed E-state index contributed by atoms with van der Waals surface area (Å²) in [6.45, 7) is 0. The number of benzene rings is 5. The maximum atomic E-state index is 4.65. The van der Waals surface area contributed by atoms with E-state index in [1.54, 1.807) is 0 Å². The molecule has 0 unspecified atom stereocenters. The molecule has 0 spiro atoms. The standard InChI is InChI=1S/C33H20N2/c1-2-9-24-23(8-1)27-12-7-11-26-22(16-17-28(24)33(26)27)21-15-18-31-29(20-21)25-10-3-4-13-30(25)35(31)32-14-5-6-19-34-32/h1-20H. The lowest BCUT2D eigenvalue weighted by atomic mass is 9.93. The first-order valence-corrected chi connectivity index (χ1v) is 12.0. The fourth-order valence-corrected chi connectivity index (χ4v) is 5.93. The van der Waals surface area contributed by atoms with Crippen molar-refractivity contribution < 1.29 is 0 Å². The second-order valence-electron chi connectivity index (χ2n) is 9.21. The summed E-state index contributed by atoms with van der Waals surface area (Å²) in [6, 6.07) is 41.6. The van der Waals surface area contributed by atoms with Gasteiger partial charge in [-0.3, -0.25) is 4.57 Å². The molecule has 8 rings (SSSR count). The topological polar surface area (TPSA) is 17.8 Å². The maximum Gasteiger partial charge on any atom is 0.137 e. The van der Waals surface area contributed by atoms with E-state index in [0.717, 1.165) is 5.82 Å². The number of fused-ring (bicyclic) bond motifs is 6. The van der Waals surface area contributed by atoms with Gasteiger partial charge in [0.25, 0.3) is 0 Å². The fourth-order valence-electron chi connectivity index (χ4n) is 5.93. The Balaban J connectivity index is 1.41. The average Bonchev–Trinajstić information content (AvgIpc) is 3.43. The molecule has 0 amide bonds. The highest BCUT2D eigenvalue weighted by Crippen LogP contribution is 2.49. The number of aromatic nitrogens is 2. The van der Waals surface area contributed by atoms with E-state index >= 15 is 0 Å². The Morgan fingerprint density at radius 1 is 0.457 bits per heavy atom. The van der Waals surface area contributed by atoms with E-state index in [1.807, 2.05) is 18.3 Å². The third-order valence-corrected chi connectivity index (χ3v) is 7.41. The number of para-hydroxylation sites is 1. The Bertz CT molecular complexity index is 1910. The van der Waals surface area contributed by atoms with Crippen LogP contribution < -0.4 is 0 Å². The summed E-state index contributed by atoms with van der Waals surface area (Å²) in [4.78, 5) is 4.65. The van der Waals surface area contributed by atoms with Gasteiger partial charge in [0.2, 0.25) is 0 Å². The quantitative estimate of drug-likeness (QED) is 0.261. The molecule has 0 atom stereocenters. The van der Waals surface area contributed by atoms with Gasteiger partial charge in [-0.05, 0) is 74.5 Å². The lowest BCUT2D eigenvalue weighted by molar-refractivity contribution is 1.08. The largest absolute Gasteiger partial charge is 0.294 e. The molecule has 35 heavy (non-hydrogen) atoms. The van der Waals surface area contributed by atoms with Crippen molar-refractivity contribution in [2.45, 2.75) is 0 Å². The van der Waals surface area contributed by atoms with Crippen molar-refractivity contribution in [3.05, 3.63) is 121 Å². The highest BCUT2D eigenvalue weighted by molar-refractivity contribution is 6.19. The van der Waals surface area contributed by atoms with Gasteiger partial charge >= 0.3 is 0 Å². The van der Waals surface area contributed by atoms with E-state index in [1.165, 1.54) is 66.0 Å². The van der Waals surface area contributed by atoms with Gasteiger partial charge < -0.3 is 0 Å². The monoisotopic (exact) mass is 444 g/mol. The molecule has 0 saturated heterocycles. The lowest BCUT2D eigenvalue weighted by Crippen LogP contribution is -1.96. The van der Waals surface area contributed by atoms with Crippen LogP contribution in [-0.4, -0.2) is 9.55 Å². The summed E-state index contributed by atoms with van der Waals surface area (Å²) in [5.74, 6) is 0.939. The second kappa shape index (κ2) is 6.91. The number of hydrogen-bond acceptors (Lipinski definition) is 1. The molecule has 7 aromatic rings. The number of pyridine rings is 1. The van der Waals surface area contributed by atoms with Crippen LogP contribution in [0, 0.1) is 0 Å². The van der Waals surface area contributed by atoms with Crippen LogP contribution in [0.25, 0.3) is 71.8 Å². The van der Waals surface area contributed by atoms with Gasteiger partial charge in [-0.2, -0.15) is 0 Å². The van der Waals surface area contributed by atoms with Crippen molar-refractivity contribution in [3.63, 3.8) is 0 Å². The smallest absolute Gasteiger partial charge is 0.137 e. The Morgan fingerprint density at radius 2 is 1.14 bits per heavy atom. The summed E-state index contributed by atoms with van der Waals surface area (Å²) >= 11 is 0. The van der Waals surface area contributed by atoms with Crippen LogP contribution in [0.5, 0.6) is 0 Å². The molecule has 0 aliphatic heterocycles. The van der Waals surface area contributed by atoms with Crippen LogP contribution in [0.4, 0.5) is 0 Å². The molecular formula is C33H20N2. The summed E-state index contributed by atoms with van der Waals surface area (Å²) in [7, 11) is 0. The van der Waals surface area contributed by atoms with E-state index in [0.29, 0.717) is 0 Å². The first kappa shape index (κ1) is 18.7. The van der Waals surface area contributed by atoms with Gasteiger partial charge in [-0.25, -0.2) is 4.98 Å². The van der Waals surface area contributed by atoms with Crippen molar-refractivity contribution in [1.29, 1.82) is 0 Å². The van der Waals surface area contributed by atoms with Gasteiger partial charge in [0.15, 0.2) is 0 Å². The highest BCUT2D eigenvalue weighted by Gasteiger charge is 2.22. The van der Waals surface area contributed by atoms with Crippen LogP contribution in [0.2, 0.25) is 0 Å². The van der Waals surface area contributed by atoms with Crippen molar-refractivity contribution in [3.8, 4) is 39.2 Å². The molecule has 2 heteroatoms. The molecule has 1 aliphatic carbocycles. The van der Waals surface area contributed by atoms with Crippen molar-refractivity contribution in [1.82, 2.24) is 9.55 Å². The average molecular weight is 445 g/mol. The summed E-state index contributed by atoms with van der Waals surface area (Å²) in [6.07, 6.45) is 1.86. The van der Waals surface area contributed by atoms with Crippen LogP contribution in [-0.2, 0) is 0 Å². The van der Waals surface area contributed by atoms with E-state index in [2.05, 4.69) is 113 Å². The molecule has 0 radical (unpaired) electrons. The minimum Gasteiger partial charge on any atom is -0.294 e. The molecule has 0 bridgehead atoms. The predicted molar refractivity (Wildman–Crippen MR) is 146 cm³/mol. The van der Waals surface area contributed by atoms with Gasteiger partial charge in [0.05, 0.1) is 11.0 Å². The Kier molecular flexibility index (Phi) is 3.69. The van der Waals surface area contributed by atoms with E-state index in [9.17, 15) is 0 Å². The van der Waals surface area contributed by atoms with Crippen molar-refractivity contribution >= 4 is 32.6 Å². The maximum absolute atomic E-state index is 4.65. The van der Waals surface area contributed by atoms with Crippen LogP contribution in [0.1, 0.15) is 0 Å². The molecular weight excluding hydrogens is 424 g/mol. The van der Waals surface area contributed by atoms with Gasteiger partial charge in [-0.15, -0.1) is 0 Å². The first-order chi connectivity index (χ1) is 17.4. The molecule has 0 fully saturated rings. The molecule has 2 aromatic heterocycles. The molecule has 0 N–H and O–H groups in total. The Labute approximate surface area is 202 Å². The lowest BCUT2D eigenvalue weighted by Gasteiger charge is -2.11. The molecule has 0 saturated carbocycles. The van der Waals surface area contributed by atoms with E-state index in [-0.39, 0.29) is 0 Å². The normalized spacial score (nSPS) is 12.0.